The molecule has 3 N–H and O–H groups in total. The maximum Gasteiger partial charge on any atom is 0.148 e. The minimum absolute atomic E-state index is 0. The summed E-state index contributed by atoms with van der Waals surface area (Å²) >= 11 is 0. The summed E-state index contributed by atoms with van der Waals surface area (Å²) in [6.45, 7) is 6.33. The van der Waals surface area contributed by atoms with Crippen LogP contribution in [0.4, 0.5) is 5.69 Å². The average molecular weight is 380 g/mol. The van der Waals surface area contributed by atoms with Crippen molar-refractivity contribution in [3.63, 3.8) is 0 Å². The quantitative estimate of drug-likeness (QED) is 0.444. The average Bonchev–Trinajstić information content (AvgIpc) is 2.62. The van der Waals surface area contributed by atoms with Crippen LogP contribution in [-0.2, 0) is 4.74 Å². The van der Waals surface area contributed by atoms with Gasteiger partial charge in [0.15, 0.2) is 0 Å². The number of nitrogens with one attached hydrogen (secondary N) is 1. The van der Waals surface area contributed by atoms with Crippen LogP contribution in [0.1, 0.15) is 0 Å². The van der Waals surface area contributed by atoms with Crippen molar-refractivity contribution in [1.82, 2.24) is 4.98 Å². The molecule has 0 amide bonds. The van der Waals surface area contributed by atoms with Crippen LogP contribution in [0.15, 0.2) is 48.5 Å². The van der Waals surface area contributed by atoms with E-state index in [1.54, 1.807) is 4.90 Å². The van der Waals surface area contributed by atoms with Crippen molar-refractivity contribution in [2.45, 2.75) is 0 Å². The molecule has 0 spiro atoms. The lowest BCUT2D eigenvalue weighted by Crippen LogP contribution is -3.16. The molecule has 1 aliphatic heterocycles. The second-order valence-corrected chi connectivity index (χ2v) is 6.16. The van der Waals surface area contributed by atoms with Gasteiger partial charge < -0.3 is 39.8 Å². The third-order valence-electron chi connectivity index (χ3n) is 4.68. The number of halogens is 2. The highest BCUT2D eigenvalue weighted by atomic mass is 35.5. The molecular formula is C19H23Cl2N3O. The molecule has 25 heavy (non-hydrogen) atoms. The monoisotopic (exact) mass is 379 g/mol. The van der Waals surface area contributed by atoms with Crippen molar-refractivity contribution < 1.29 is 39.8 Å². The topological polar surface area (TPSA) is 43.2 Å². The minimum atomic E-state index is 0. The van der Waals surface area contributed by atoms with E-state index in [2.05, 4.69) is 53.8 Å². The fourth-order valence-electron chi connectivity index (χ4n) is 3.42. The van der Waals surface area contributed by atoms with Crippen molar-refractivity contribution in [2.24, 2.45) is 0 Å². The van der Waals surface area contributed by atoms with E-state index in [4.69, 9.17) is 9.72 Å². The Morgan fingerprint density at radius 1 is 0.880 bits per heavy atom. The van der Waals surface area contributed by atoms with Crippen molar-refractivity contribution in [3.05, 3.63) is 48.5 Å². The lowest BCUT2D eigenvalue weighted by Gasteiger charge is -2.23. The summed E-state index contributed by atoms with van der Waals surface area (Å²) in [5.74, 6) is 0. The summed E-state index contributed by atoms with van der Waals surface area (Å²) in [5.41, 5.74) is 3.49. The molecule has 0 aliphatic carbocycles. The first-order chi connectivity index (χ1) is 11.4. The fourth-order valence-corrected chi connectivity index (χ4v) is 3.42. The van der Waals surface area contributed by atoms with Gasteiger partial charge in [0.25, 0.3) is 0 Å². The number of nitrogens with two attached hydrogens (primary N) is 1. The largest absolute Gasteiger partial charge is 1.00 e. The first-order valence-electron chi connectivity index (χ1n) is 8.44. The van der Waals surface area contributed by atoms with E-state index in [1.165, 1.54) is 23.0 Å². The summed E-state index contributed by atoms with van der Waals surface area (Å²) in [5, 5.41) is 4.90. The standard InChI is InChI=1S/C19H21N3O.2ClH/c1-3-7-17-15(5-1)19(16-6-2-4-8-18(16)21-17)20-9-10-22-11-13-23-14-12-22;;/h1-8H,9-14H2,(H,20,21);2*1H. The third-order valence-corrected chi connectivity index (χ3v) is 4.68. The molecule has 0 bridgehead atoms. The highest BCUT2D eigenvalue weighted by Gasteiger charge is 2.16. The molecule has 3 aromatic rings. The smallest absolute Gasteiger partial charge is 0.148 e. The molecule has 4 nitrogen and oxygen atoms in total. The Morgan fingerprint density at radius 3 is 2.04 bits per heavy atom. The molecule has 0 atom stereocenters. The van der Waals surface area contributed by atoms with E-state index in [9.17, 15) is 0 Å². The van der Waals surface area contributed by atoms with Gasteiger partial charge in [0.05, 0.1) is 35.0 Å². The van der Waals surface area contributed by atoms with Crippen molar-refractivity contribution in [1.29, 1.82) is 0 Å². The molecule has 0 saturated carbocycles. The number of aromatic nitrogens is 1. The summed E-state index contributed by atoms with van der Waals surface area (Å²) in [4.78, 5) is 6.44. The number of quaternary nitrogens is 2. The molecule has 2 heterocycles. The Kier molecular flexibility index (Phi) is 7.41. The molecular weight excluding hydrogens is 357 g/mol. The van der Waals surface area contributed by atoms with Crippen molar-refractivity contribution in [3.8, 4) is 0 Å². The summed E-state index contributed by atoms with van der Waals surface area (Å²) in [6, 6.07) is 16.9. The molecule has 4 rings (SSSR count). The van der Waals surface area contributed by atoms with Gasteiger partial charge >= 0.3 is 0 Å². The number of rotatable bonds is 4. The Labute approximate surface area is 160 Å². The fraction of sp³-hybridized carbons (Fsp3) is 0.316. The molecule has 134 valence electrons. The van der Waals surface area contributed by atoms with Gasteiger partial charge in [-0.2, -0.15) is 0 Å². The predicted molar refractivity (Wildman–Crippen MR) is 92.1 cm³/mol. The van der Waals surface area contributed by atoms with Crippen LogP contribution < -0.4 is 35.0 Å². The van der Waals surface area contributed by atoms with E-state index < -0.39 is 0 Å². The molecule has 1 fully saturated rings. The normalized spacial score (nSPS) is 14.9. The number of morpholine rings is 1. The zero-order chi connectivity index (χ0) is 15.5. The van der Waals surface area contributed by atoms with Crippen LogP contribution in [0, 0.1) is 0 Å². The van der Waals surface area contributed by atoms with E-state index in [0.29, 0.717) is 0 Å². The Bertz CT molecular complexity index is 768. The molecule has 0 unspecified atom stereocenters. The van der Waals surface area contributed by atoms with Crippen LogP contribution in [-0.4, -0.2) is 44.4 Å². The molecule has 1 aliphatic rings. The molecule has 2 aromatic carbocycles. The Morgan fingerprint density at radius 2 is 1.44 bits per heavy atom. The first kappa shape index (κ1) is 19.9. The highest BCUT2D eigenvalue weighted by Crippen LogP contribution is 2.26. The van der Waals surface area contributed by atoms with Gasteiger partial charge in [0.2, 0.25) is 0 Å². The van der Waals surface area contributed by atoms with Crippen molar-refractivity contribution >= 4 is 27.5 Å². The van der Waals surface area contributed by atoms with Gasteiger partial charge in [-0.25, -0.2) is 4.98 Å². The number of hydrogen-bond donors (Lipinski definition) is 2. The number of pyridine rings is 1. The zero-order valence-corrected chi connectivity index (χ0v) is 15.6. The number of benzene rings is 2. The number of hydrogen-bond acceptors (Lipinski definition) is 2. The maximum atomic E-state index is 5.44. The van der Waals surface area contributed by atoms with E-state index in [0.717, 1.165) is 43.9 Å². The third kappa shape index (κ3) is 4.40. The number of para-hydroxylation sites is 2. The van der Waals surface area contributed by atoms with Crippen LogP contribution in [0.2, 0.25) is 0 Å². The second-order valence-electron chi connectivity index (χ2n) is 6.16. The summed E-state index contributed by atoms with van der Waals surface area (Å²) in [6.07, 6.45) is 0. The maximum absolute atomic E-state index is 5.44. The van der Waals surface area contributed by atoms with Crippen LogP contribution in [0.3, 0.4) is 0 Å². The lowest BCUT2D eigenvalue weighted by atomic mass is 10.1. The molecule has 6 heteroatoms. The van der Waals surface area contributed by atoms with Gasteiger partial charge in [-0.05, 0) is 24.3 Å². The minimum Gasteiger partial charge on any atom is -1.00 e. The van der Waals surface area contributed by atoms with E-state index in [1.807, 2.05) is 0 Å². The van der Waals surface area contributed by atoms with E-state index >= 15 is 0 Å². The van der Waals surface area contributed by atoms with Crippen LogP contribution in [0.5, 0.6) is 0 Å². The number of fused-ring (bicyclic) bond motifs is 2. The predicted octanol–water partition coefficient (Wildman–Crippen LogP) is -5.49. The van der Waals surface area contributed by atoms with Gasteiger partial charge in [-0.3, -0.25) is 0 Å². The van der Waals surface area contributed by atoms with Crippen molar-refractivity contribution in [2.75, 3.05) is 39.4 Å². The molecule has 1 aromatic heterocycles. The number of ether oxygens (including phenoxy) is 1. The molecule has 1 saturated heterocycles. The van der Waals surface area contributed by atoms with Gasteiger partial charge in [0, 0.05) is 0 Å². The van der Waals surface area contributed by atoms with Crippen LogP contribution >= 0.6 is 0 Å². The van der Waals surface area contributed by atoms with Gasteiger partial charge in [-0.15, -0.1) is 0 Å². The lowest BCUT2D eigenvalue weighted by molar-refractivity contribution is -0.916. The highest BCUT2D eigenvalue weighted by molar-refractivity contribution is 6.03. The van der Waals surface area contributed by atoms with E-state index in [-0.39, 0.29) is 24.8 Å². The SMILES string of the molecule is [Cl-].[Cl-].c1ccc2c([NH2+]CC[NH+]3CCOCC3)c3ccccc3nc2c1. The summed E-state index contributed by atoms with van der Waals surface area (Å²) in [7, 11) is 0. The van der Waals surface area contributed by atoms with Gasteiger partial charge in [-0.1, -0.05) is 24.3 Å². The number of nitrogens with zero attached hydrogens (tertiary/aromatic N) is 1. The Balaban J connectivity index is 0.00000113. The molecule has 0 radical (unpaired) electrons. The summed E-state index contributed by atoms with van der Waals surface area (Å²) < 4.78 is 5.44. The van der Waals surface area contributed by atoms with Crippen LogP contribution in [0.25, 0.3) is 21.8 Å². The zero-order valence-electron chi connectivity index (χ0n) is 14.1. The Hall–Kier alpha value is -1.43. The second kappa shape index (κ2) is 9.32. The first-order valence-corrected chi connectivity index (χ1v) is 8.44. The van der Waals surface area contributed by atoms with Gasteiger partial charge in [0.1, 0.15) is 31.9 Å².